The molecular formula is C13H12FNO2S. The van der Waals surface area contributed by atoms with Crippen molar-refractivity contribution in [3.8, 4) is 10.6 Å². The number of carboxylic acids is 1. The predicted molar refractivity (Wildman–Crippen MR) is 68.2 cm³/mol. The summed E-state index contributed by atoms with van der Waals surface area (Å²) in [5.74, 6) is -1.31. The standard InChI is InChI=1S/C13H12FNO2S/c1-13(2,12(16)17)10-7-18-11(15-10)8-5-3-4-6-9(8)14/h3-7H,1-2H3,(H,16,17). The van der Waals surface area contributed by atoms with Gasteiger partial charge in [0.1, 0.15) is 16.2 Å². The van der Waals surface area contributed by atoms with Crippen LogP contribution in [-0.2, 0) is 10.2 Å². The lowest BCUT2D eigenvalue weighted by Crippen LogP contribution is -2.28. The number of rotatable bonds is 3. The van der Waals surface area contributed by atoms with Gasteiger partial charge in [-0.2, -0.15) is 0 Å². The Labute approximate surface area is 108 Å². The minimum atomic E-state index is -1.07. The molecule has 0 atom stereocenters. The van der Waals surface area contributed by atoms with E-state index in [2.05, 4.69) is 4.98 Å². The van der Waals surface area contributed by atoms with Crippen LogP contribution < -0.4 is 0 Å². The molecule has 0 unspecified atom stereocenters. The van der Waals surface area contributed by atoms with Crippen LogP contribution in [0, 0.1) is 5.82 Å². The SMILES string of the molecule is CC(C)(C(=O)O)c1csc(-c2ccccc2F)n1. The van der Waals surface area contributed by atoms with Gasteiger partial charge >= 0.3 is 5.97 Å². The molecule has 0 amide bonds. The fraction of sp³-hybridized carbons (Fsp3) is 0.231. The number of benzene rings is 1. The minimum absolute atomic E-state index is 0.355. The van der Waals surface area contributed by atoms with Crippen LogP contribution in [0.3, 0.4) is 0 Å². The third-order valence-corrected chi connectivity index (χ3v) is 3.66. The molecule has 0 aliphatic carbocycles. The number of halogens is 1. The smallest absolute Gasteiger partial charge is 0.315 e. The van der Waals surface area contributed by atoms with Crippen LogP contribution in [0.2, 0.25) is 0 Å². The highest BCUT2D eigenvalue weighted by molar-refractivity contribution is 7.13. The number of hydrogen-bond acceptors (Lipinski definition) is 3. The lowest BCUT2D eigenvalue weighted by Gasteiger charge is -2.15. The van der Waals surface area contributed by atoms with Crippen molar-refractivity contribution in [2.75, 3.05) is 0 Å². The quantitative estimate of drug-likeness (QED) is 0.926. The van der Waals surface area contributed by atoms with Gasteiger partial charge in [-0.1, -0.05) is 12.1 Å². The molecule has 0 aliphatic heterocycles. The van der Waals surface area contributed by atoms with E-state index in [1.54, 1.807) is 37.4 Å². The van der Waals surface area contributed by atoms with Gasteiger partial charge in [-0.15, -0.1) is 11.3 Å². The molecule has 0 aliphatic rings. The van der Waals surface area contributed by atoms with Crippen molar-refractivity contribution in [3.05, 3.63) is 41.2 Å². The van der Waals surface area contributed by atoms with Gasteiger partial charge in [0.05, 0.1) is 5.69 Å². The van der Waals surface area contributed by atoms with Crippen LogP contribution in [0.1, 0.15) is 19.5 Å². The normalized spacial score (nSPS) is 11.5. The second kappa shape index (κ2) is 4.49. The van der Waals surface area contributed by atoms with E-state index < -0.39 is 11.4 Å². The van der Waals surface area contributed by atoms with E-state index in [0.29, 0.717) is 16.3 Å². The van der Waals surface area contributed by atoms with E-state index in [1.165, 1.54) is 17.4 Å². The van der Waals surface area contributed by atoms with E-state index in [-0.39, 0.29) is 5.82 Å². The molecule has 0 saturated carbocycles. The Morgan fingerprint density at radius 3 is 2.67 bits per heavy atom. The number of aromatic nitrogens is 1. The van der Waals surface area contributed by atoms with Gasteiger partial charge in [-0.3, -0.25) is 4.79 Å². The highest BCUT2D eigenvalue weighted by Crippen LogP contribution is 2.31. The van der Waals surface area contributed by atoms with Gasteiger partial charge in [-0.25, -0.2) is 9.37 Å². The van der Waals surface area contributed by atoms with Gasteiger partial charge in [0.2, 0.25) is 0 Å². The van der Waals surface area contributed by atoms with Crippen LogP contribution in [0.5, 0.6) is 0 Å². The highest BCUT2D eigenvalue weighted by Gasteiger charge is 2.32. The summed E-state index contributed by atoms with van der Waals surface area (Å²) < 4.78 is 13.6. The molecule has 3 nitrogen and oxygen atoms in total. The minimum Gasteiger partial charge on any atom is -0.481 e. The second-order valence-corrected chi connectivity index (χ2v) is 5.31. The fourth-order valence-corrected chi connectivity index (χ4v) is 2.44. The molecule has 18 heavy (non-hydrogen) atoms. The number of thiazole rings is 1. The lowest BCUT2D eigenvalue weighted by molar-refractivity contribution is -0.142. The maximum absolute atomic E-state index is 13.6. The molecule has 0 saturated heterocycles. The topological polar surface area (TPSA) is 50.2 Å². The predicted octanol–water partition coefficient (Wildman–Crippen LogP) is 3.31. The molecule has 2 rings (SSSR count). The third kappa shape index (κ3) is 2.13. The Kier molecular flexibility index (Phi) is 3.17. The zero-order chi connectivity index (χ0) is 13.3. The molecule has 2 aromatic rings. The van der Waals surface area contributed by atoms with Crippen LogP contribution in [0.15, 0.2) is 29.6 Å². The first kappa shape index (κ1) is 12.7. The first-order chi connectivity index (χ1) is 8.43. The van der Waals surface area contributed by atoms with Gasteiger partial charge in [0.25, 0.3) is 0 Å². The fourth-order valence-electron chi connectivity index (χ4n) is 1.43. The summed E-state index contributed by atoms with van der Waals surface area (Å²) in [6.07, 6.45) is 0. The maximum atomic E-state index is 13.6. The Morgan fingerprint density at radius 2 is 2.06 bits per heavy atom. The van der Waals surface area contributed by atoms with Crippen molar-refractivity contribution in [2.24, 2.45) is 0 Å². The average molecular weight is 265 g/mol. The summed E-state index contributed by atoms with van der Waals surface area (Å²) in [6, 6.07) is 6.32. The monoisotopic (exact) mass is 265 g/mol. The largest absolute Gasteiger partial charge is 0.481 e. The number of carbonyl (C=O) groups is 1. The maximum Gasteiger partial charge on any atom is 0.315 e. The number of nitrogens with zero attached hydrogens (tertiary/aromatic N) is 1. The number of hydrogen-bond donors (Lipinski definition) is 1. The number of aliphatic carboxylic acids is 1. The first-order valence-corrected chi connectivity index (χ1v) is 6.25. The first-order valence-electron chi connectivity index (χ1n) is 5.37. The van der Waals surface area contributed by atoms with Gasteiger partial charge in [0, 0.05) is 10.9 Å². The zero-order valence-corrected chi connectivity index (χ0v) is 10.8. The summed E-state index contributed by atoms with van der Waals surface area (Å²) in [7, 11) is 0. The zero-order valence-electron chi connectivity index (χ0n) is 9.98. The summed E-state index contributed by atoms with van der Waals surface area (Å²) in [4.78, 5) is 15.4. The van der Waals surface area contributed by atoms with E-state index in [4.69, 9.17) is 5.11 Å². The molecule has 1 heterocycles. The van der Waals surface area contributed by atoms with E-state index in [0.717, 1.165) is 0 Å². The molecule has 0 fully saturated rings. The Balaban J connectivity index is 2.44. The molecule has 94 valence electrons. The van der Waals surface area contributed by atoms with Crippen molar-refractivity contribution < 1.29 is 14.3 Å². The second-order valence-electron chi connectivity index (χ2n) is 4.45. The van der Waals surface area contributed by atoms with Crippen molar-refractivity contribution in [1.82, 2.24) is 4.98 Å². The molecule has 1 N–H and O–H groups in total. The van der Waals surface area contributed by atoms with Crippen LogP contribution >= 0.6 is 11.3 Å². The van der Waals surface area contributed by atoms with E-state index in [9.17, 15) is 9.18 Å². The highest BCUT2D eigenvalue weighted by atomic mass is 32.1. The van der Waals surface area contributed by atoms with Crippen molar-refractivity contribution in [2.45, 2.75) is 19.3 Å². The summed E-state index contributed by atoms with van der Waals surface area (Å²) in [5.41, 5.74) is -0.229. The van der Waals surface area contributed by atoms with Crippen LogP contribution in [0.25, 0.3) is 10.6 Å². The van der Waals surface area contributed by atoms with Crippen molar-refractivity contribution in [1.29, 1.82) is 0 Å². The Bertz CT molecular complexity index is 592. The average Bonchev–Trinajstić information content (AvgIpc) is 2.79. The molecule has 5 heteroatoms. The number of carboxylic acid groups (broad SMARTS) is 1. The molecule has 1 aromatic carbocycles. The third-order valence-electron chi connectivity index (χ3n) is 2.78. The summed E-state index contributed by atoms with van der Waals surface area (Å²) >= 11 is 1.25. The molecular weight excluding hydrogens is 253 g/mol. The molecule has 1 aromatic heterocycles. The van der Waals surface area contributed by atoms with Gasteiger partial charge < -0.3 is 5.11 Å². The lowest BCUT2D eigenvalue weighted by atomic mass is 9.90. The van der Waals surface area contributed by atoms with Crippen LogP contribution in [-0.4, -0.2) is 16.1 Å². The van der Waals surface area contributed by atoms with E-state index in [1.807, 2.05) is 0 Å². The van der Waals surface area contributed by atoms with Gasteiger partial charge in [-0.05, 0) is 26.0 Å². The Morgan fingerprint density at radius 1 is 1.39 bits per heavy atom. The van der Waals surface area contributed by atoms with E-state index >= 15 is 0 Å². The Hall–Kier alpha value is -1.75. The van der Waals surface area contributed by atoms with Crippen molar-refractivity contribution in [3.63, 3.8) is 0 Å². The van der Waals surface area contributed by atoms with Crippen molar-refractivity contribution >= 4 is 17.3 Å². The molecule has 0 bridgehead atoms. The van der Waals surface area contributed by atoms with Gasteiger partial charge in [0.15, 0.2) is 0 Å². The van der Waals surface area contributed by atoms with Crippen LogP contribution in [0.4, 0.5) is 4.39 Å². The summed E-state index contributed by atoms with van der Waals surface area (Å²) in [5, 5.41) is 11.3. The molecule has 0 radical (unpaired) electrons. The summed E-state index contributed by atoms with van der Waals surface area (Å²) in [6.45, 7) is 3.16. The molecule has 0 spiro atoms.